The lowest BCUT2D eigenvalue weighted by Crippen LogP contribution is -2.39. The van der Waals surface area contributed by atoms with Crippen molar-refractivity contribution in [1.82, 2.24) is 10.6 Å². The maximum atomic E-state index is 13.2. The summed E-state index contributed by atoms with van der Waals surface area (Å²) in [6.45, 7) is 4.21. The molecule has 2 aromatic carbocycles. The Labute approximate surface area is 147 Å². The van der Waals surface area contributed by atoms with Crippen molar-refractivity contribution >= 4 is 5.96 Å². The predicted octanol–water partition coefficient (Wildman–Crippen LogP) is 2.97. The summed E-state index contributed by atoms with van der Waals surface area (Å²) in [5.41, 5.74) is 0.824. The number of rotatable bonds is 8. The van der Waals surface area contributed by atoms with Gasteiger partial charge in [-0.05, 0) is 36.8 Å². The van der Waals surface area contributed by atoms with Gasteiger partial charge in [-0.3, -0.25) is 0 Å². The van der Waals surface area contributed by atoms with Gasteiger partial charge in [0.2, 0.25) is 0 Å². The molecule has 0 amide bonds. The Morgan fingerprint density at radius 3 is 2.64 bits per heavy atom. The maximum absolute atomic E-state index is 13.2. The first-order valence-electron chi connectivity index (χ1n) is 8.24. The van der Waals surface area contributed by atoms with E-state index in [4.69, 9.17) is 9.47 Å². The number of aliphatic imine (C=N–C) groups is 1. The number of halogens is 1. The molecule has 0 heterocycles. The molecule has 0 spiro atoms. The van der Waals surface area contributed by atoms with E-state index in [-0.39, 0.29) is 5.82 Å². The number of nitrogens with zero attached hydrogens (tertiary/aromatic N) is 1. The second kappa shape index (κ2) is 10.2. The Balaban J connectivity index is 1.81. The van der Waals surface area contributed by atoms with Gasteiger partial charge in [0.1, 0.15) is 23.9 Å². The molecule has 0 bridgehead atoms. The van der Waals surface area contributed by atoms with Gasteiger partial charge in [-0.15, -0.1) is 0 Å². The molecule has 0 unspecified atom stereocenters. The van der Waals surface area contributed by atoms with Crippen molar-refractivity contribution in [3.05, 3.63) is 59.9 Å². The molecule has 2 aromatic rings. The number of benzene rings is 2. The van der Waals surface area contributed by atoms with Crippen LogP contribution in [0, 0.1) is 5.82 Å². The monoisotopic (exact) mass is 345 g/mol. The Bertz CT molecular complexity index is 692. The van der Waals surface area contributed by atoms with E-state index in [0.717, 1.165) is 23.6 Å². The molecule has 0 atom stereocenters. The van der Waals surface area contributed by atoms with E-state index in [1.54, 1.807) is 13.2 Å². The maximum Gasteiger partial charge on any atom is 0.191 e. The molecule has 0 aliphatic rings. The summed E-state index contributed by atoms with van der Waals surface area (Å²) in [5, 5.41) is 6.35. The first-order valence-corrected chi connectivity index (χ1v) is 8.24. The highest BCUT2D eigenvalue weighted by atomic mass is 19.1. The number of nitrogens with one attached hydrogen (secondary N) is 2. The fourth-order valence-electron chi connectivity index (χ4n) is 2.18. The number of methoxy groups -OCH3 is 1. The average molecular weight is 345 g/mol. The minimum absolute atomic E-state index is 0.252. The molecule has 0 fully saturated rings. The highest BCUT2D eigenvalue weighted by molar-refractivity contribution is 5.79. The van der Waals surface area contributed by atoms with Crippen molar-refractivity contribution < 1.29 is 13.9 Å². The van der Waals surface area contributed by atoms with E-state index < -0.39 is 0 Å². The van der Waals surface area contributed by atoms with Crippen molar-refractivity contribution in [3.63, 3.8) is 0 Å². The molecule has 0 aliphatic carbocycles. The topological polar surface area (TPSA) is 54.9 Å². The summed E-state index contributed by atoms with van der Waals surface area (Å²) in [6, 6.07) is 13.9. The fourth-order valence-corrected chi connectivity index (χ4v) is 2.18. The highest BCUT2D eigenvalue weighted by Gasteiger charge is 2.00. The van der Waals surface area contributed by atoms with Crippen LogP contribution < -0.4 is 20.1 Å². The van der Waals surface area contributed by atoms with E-state index in [2.05, 4.69) is 15.6 Å². The SMILES string of the molecule is CCNC(=NCc1cccc(F)c1)NCCOc1cccc(OC)c1. The minimum atomic E-state index is -0.252. The van der Waals surface area contributed by atoms with Crippen LogP contribution in [0.5, 0.6) is 11.5 Å². The Kier molecular flexibility index (Phi) is 7.56. The third-order valence-electron chi connectivity index (χ3n) is 3.36. The third kappa shape index (κ3) is 6.71. The van der Waals surface area contributed by atoms with Crippen molar-refractivity contribution in [1.29, 1.82) is 0 Å². The molecule has 5 nitrogen and oxygen atoms in total. The van der Waals surface area contributed by atoms with Crippen LogP contribution in [0.3, 0.4) is 0 Å². The molecule has 0 saturated heterocycles. The number of hydrogen-bond donors (Lipinski definition) is 2. The lowest BCUT2D eigenvalue weighted by Gasteiger charge is -2.12. The van der Waals surface area contributed by atoms with E-state index >= 15 is 0 Å². The van der Waals surface area contributed by atoms with Gasteiger partial charge in [-0.1, -0.05) is 18.2 Å². The number of guanidine groups is 1. The molecule has 0 saturated carbocycles. The molecule has 25 heavy (non-hydrogen) atoms. The van der Waals surface area contributed by atoms with Gasteiger partial charge in [-0.2, -0.15) is 0 Å². The van der Waals surface area contributed by atoms with Gasteiger partial charge in [-0.25, -0.2) is 9.38 Å². The second-order valence-electron chi connectivity index (χ2n) is 5.28. The Morgan fingerprint density at radius 2 is 1.88 bits per heavy atom. The van der Waals surface area contributed by atoms with E-state index in [1.807, 2.05) is 37.3 Å². The van der Waals surface area contributed by atoms with Crippen LogP contribution in [0.4, 0.5) is 4.39 Å². The zero-order chi connectivity index (χ0) is 17.9. The summed E-state index contributed by atoms with van der Waals surface area (Å²) >= 11 is 0. The molecule has 0 aromatic heterocycles. The predicted molar refractivity (Wildman–Crippen MR) is 97.7 cm³/mol. The van der Waals surface area contributed by atoms with Crippen LogP contribution in [-0.2, 0) is 6.54 Å². The smallest absolute Gasteiger partial charge is 0.191 e. The Morgan fingerprint density at radius 1 is 1.08 bits per heavy atom. The average Bonchev–Trinajstić information content (AvgIpc) is 2.63. The first kappa shape index (κ1) is 18.6. The largest absolute Gasteiger partial charge is 0.497 e. The molecular weight excluding hydrogens is 321 g/mol. The van der Waals surface area contributed by atoms with E-state index in [1.165, 1.54) is 12.1 Å². The molecule has 134 valence electrons. The lowest BCUT2D eigenvalue weighted by atomic mass is 10.2. The van der Waals surface area contributed by atoms with Crippen molar-refractivity contribution in [3.8, 4) is 11.5 Å². The second-order valence-corrected chi connectivity index (χ2v) is 5.28. The molecular formula is C19H24FN3O2. The summed E-state index contributed by atoms with van der Waals surface area (Å²) in [4.78, 5) is 4.45. The van der Waals surface area contributed by atoms with Crippen LogP contribution in [0.1, 0.15) is 12.5 Å². The lowest BCUT2D eigenvalue weighted by molar-refractivity contribution is 0.319. The molecule has 0 radical (unpaired) electrons. The van der Waals surface area contributed by atoms with Crippen molar-refractivity contribution in [2.75, 3.05) is 26.8 Å². The quantitative estimate of drug-likeness (QED) is 0.439. The highest BCUT2D eigenvalue weighted by Crippen LogP contribution is 2.18. The zero-order valence-corrected chi connectivity index (χ0v) is 14.6. The van der Waals surface area contributed by atoms with Crippen molar-refractivity contribution in [2.45, 2.75) is 13.5 Å². The fraction of sp³-hybridized carbons (Fsp3) is 0.316. The van der Waals surface area contributed by atoms with E-state index in [9.17, 15) is 4.39 Å². The first-order chi connectivity index (χ1) is 12.2. The summed E-state index contributed by atoms with van der Waals surface area (Å²) in [7, 11) is 1.62. The minimum Gasteiger partial charge on any atom is -0.497 e. The van der Waals surface area contributed by atoms with Crippen LogP contribution in [0.2, 0.25) is 0 Å². The number of hydrogen-bond acceptors (Lipinski definition) is 3. The zero-order valence-electron chi connectivity index (χ0n) is 14.6. The van der Waals surface area contributed by atoms with Gasteiger partial charge >= 0.3 is 0 Å². The van der Waals surface area contributed by atoms with Crippen LogP contribution in [-0.4, -0.2) is 32.8 Å². The van der Waals surface area contributed by atoms with Gasteiger partial charge < -0.3 is 20.1 Å². The summed E-state index contributed by atoms with van der Waals surface area (Å²) < 4.78 is 24.0. The molecule has 2 N–H and O–H groups in total. The normalized spacial score (nSPS) is 11.1. The summed E-state index contributed by atoms with van der Waals surface area (Å²) in [5.74, 6) is 1.93. The van der Waals surface area contributed by atoms with Gasteiger partial charge in [0.15, 0.2) is 5.96 Å². The van der Waals surface area contributed by atoms with E-state index in [0.29, 0.717) is 25.7 Å². The Hall–Kier alpha value is -2.76. The van der Waals surface area contributed by atoms with Gasteiger partial charge in [0.05, 0.1) is 20.2 Å². The molecule has 0 aliphatic heterocycles. The van der Waals surface area contributed by atoms with Crippen LogP contribution in [0.25, 0.3) is 0 Å². The third-order valence-corrected chi connectivity index (χ3v) is 3.36. The van der Waals surface area contributed by atoms with Gasteiger partial charge in [0.25, 0.3) is 0 Å². The van der Waals surface area contributed by atoms with Gasteiger partial charge in [0, 0.05) is 12.6 Å². The molecule has 2 rings (SSSR count). The van der Waals surface area contributed by atoms with Crippen LogP contribution in [0.15, 0.2) is 53.5 Å². The standard InChI is InChI=1S/C19H24FN3O2/c1-3-21-19(23-14-15-6-4-7-16(20)12-15)22-10-11-25-18-9-5-8-17(13-18)24-2/h4-9,12-13H,3,10-11,14H2,1-2H3,(H2,21,22,23). The van der Waals surface area contributed by atoms with Crippen molar-refractivity contribution in [2.24, 2.45) is 4.99 Å². The number of ether oxygens (including phenoxy) is 2. The molecule has 6 heteroatoms. The summed E-state index contributed by atoms with van der Waals surface area (Å²) in [6.07, 6.45) is 0. The van der Waals surface area contributed by atoms with Crippen LogP contribution >= 0.6 is 0 Å².